The maximum Gasteiger partial charge on any atom is 0.159 e. The number of hydrogen-bond donors (Lipinski definition) is 0. The van der Waals surface area contributed by atoms with Gasteiger partial charge in [0.15, 0.2) is 5.58 Å². The molecule has 53 heavy (non-hydrogen) atoms. The van der Waals surface area contributed by atoms with Crippen molar-refractivity contribution in [3.63, 3.8) is 0 Å². The van der Waals surface area contributed by atoms with E-state index >= 15 is 0 Å². The highest BCUT2D eigenvalue weighted by Crippen LogP contribution is 2.47. The van der Waals surface area contributed by atoms with Gasteiger partial charge in [-0.05, 0) is 86.9 Å². The molecule has 2 heterocycles. The van der Waals surface area contributed by atoms with Gasteiger partial charge in [-0.1, -0.05) is 140 Å². The predicted molar refractivity (Wildman–Crippen MR) is 222 cm³/mol. The fourth-order valence-electron chi connectivity index (χ4n) is 8.06. The molecule has 3 heteroatoms. The Bertz CT molecular complexity index is 3170. The van der Waals surface area contributed by atoms with Crippen LogP contribution in [0.25, 0.3) is 87.7 Å². The van der Waals surface area contributed by atoms with Gasteiger partial charge in [-0.2, -0.15) is 0 Å². The van der Waals surface area contributed by atoms with Crippen LogP contribution in [0, 0.1) is 0 Å². The highest BCUT2D eigenvalue weighted by atomic mass is 16.3. The second-order valence-electron chi connectivity index (χ2n) is 13.7. The number of fused-ring (bicyclic) bond motifs is 9. The van der Waals surface area contributed by atoms with Crippen molar-refractivity contribution in [3.8, 4) is 22.3 Å². The smallest absolute Gasteiger partial charge is 0.159 e. The minimum atomic E-state index is 0.845. The first-order valence-electron chi connectivity index (χ1n) is 18.0. The summed E-state index contributed by atoms with van der Waals surface area (Å²) in [5.74, 6) is 0. The average molecular weight is 678 g/mol. The normalized spacial score (nSPS) is 11.8. The van der Waals surface area contributed by atoms with Crippen molar-refractivity contribution in [1.29, 1.82) is 0 Å². The molecule has 11 rings (SSSR count). The third kappa shape index (κ3) is 4.75. The molecule has 0 radical (unpaired) electrons. The summed E-state index contributed by atoms with van der Waals surface area (Å²) in [4.78, 5) is 2.32. The first-order chi connectivity index (χ1) is 26.3. The molecule has 0 bridgehead atoms. The molecule has 0 spiro atoms. The van der Waals surface area contributed by atoms with Crippen molar-refractivity contribution < 1.29 is 8.83 Å². The lowest BCUT2D eigenvalue weighted by molar-refractivity contribution is 0.669. The van der Waals surface area contributed by atoms with Gasteiger partial charge in [0.1, 0.15) is 16.7 Å². The molecule has 0 saturated heterocycles. The molecule has 0 fully saturated rings. The van der Waals surface area contributed by atoms with E-state index in [9.17, 15) is 0 Å². The molecular weight excluding hydrogens is 647 g/mol. The lowest BCUT2D eigenvalue weighted by atomic mass is 9.98. The summed E-state index contributed by atoms with van der Waals surface area (Å²) in [6.45, 7) is 0. The van der Waals surface area contributed by atoms with Gasteiger partial charge >= 0.3 is 0 Å². The van der Waals surface area contributed by atoms with E-state index in [4.69, 9.17) is 8.83 Å². The van der Waals surface area contributed by atoms with Crippen LogP contribution >= 0.6 is 0 Å². The van der Waals surface area contributed by atoms with Crippen molar-refractivity contribution in [2.24, 2.45) is 0 Å². The van der Waals surface area contributed by atoms with Crippen molar-refractivity contribution >= 4 is 82.5 Å². The van der Waals surface area contributed by atoms with Crippen molar-refractivity contribution in [2.75, 3.05) is 4.90 Å². The summed E-state index contributed by atoms with van der Waals surface area (Å²) in [5, 5.41) is 9.10. The molecule has 0 atom stereocenters. The SMILES string of the molecule is c1ccc2cc(-c3ccc(-c4ccc(N(c5cccc6c5oc5ccccc56)c5cccc6oc7c8ccccc8ccc7c56)cc4)cc3)ccc2c1. The van der Waals surface area contributed by atoms with Crippen LogP contribution in [0.5, 0.6) is 0 Å². The number of para-hydroxylation sites is 2. The van der Waals surface area contributed by atoms with E-state index in [1.807, 2.05) is 12.1 Å². The van der Waals surface area contributed by atoms with Gasteiger partial charge in [0.25, 0.3) is 0 Å². The molecule has 0 unspecified atom stereocenters. The molecule has 0 aliphatic rings. The summed E-state index contributed by atoms with van der Waals surface area (Å²) in [6, 6.07) is 66.7. The fraction of sp³-hybridized carbons (Fsp3) is 0. The van der Waals surface area contributed by atoms with Crippen molar-refractivity contribution in [2.45, 2.75) is 0 Å². The quantitative estimate of drug-likeness (QED) is 0.182. The zero-order valence-electron chi connectivity index (χ0n) is 28.7. The number of furan rings is 2. The third-order valence-corrected chi connectivity index (χ3v) is 10.7. The van der Waals surface area contributed by atoms with Crippen molar-refractivity contribution in [3.05, 3.63) is 188 Å². The van der Waals surface area contributed by atoms with Gasteiger partial charge in [0.05, 0.1) is 16.8 Å². The Morgan fingerprint density at radius 1 is 0.321 bits per heavy atom. The number of anilines is 3. The largest absolute Gasteiger partial charge is 0.455 e. The molecule has 3 nitrogen and oxygen atoms in total. The van der Waals surface area contributed by atoms with E-state index in [1.165, 1.54) is 27.5 Å². The zero-order chi connectivity index (χ0) is 34.9. The van der Waals surface area contributed by atoms with Crippen LogP contribution < -0.4 is 4.90 Å². The maximum absolute atomic E-state index is 6.65. The van der Waals surface area contributed by atoms with Crippen LogP contribution in [-0.4, -0.2) is 0 Å². The standard InChI is InChI=1S/C50H31NO2/c1-2-11-37-31-38(24-23-32(37)9-1)35-21-19-33(20-22-35)34-25-28-39(29-26-34)51(45-16-7-14-42-41-13-5-6-17-46(41)52-50(42)45)44-15-8-18-47-48(44)43-30-27-36-10-3-4-12-40(36)49(43)53-47/h1-31H. The molecule has 2 aromatic heterocycles. The van der Waals surface area contributed by atoms with E-state index in [0.717, 1.165) is 77.3 Å². The minimum absolute atomic E-state index is 0.845. The second kappa shape index (κ2) is 11.7. The van der Waals surface area contributed by atoms with E-state index in [1.54, 1.807) is 0 Å². The molecule has 0 aliphatic carbocycles. The number of hydrogen-bond acceptors (Lipinski definition) is 3. The number of nitrogens with zero attached hydrogens (tertiary/aromatic N) is 1. The first kappa shape index (κ1) is 29.6. The van der Waals surface area contributed by atoms with Gasteiger partial charge in [-0.15, -0.1) is 0 Å². The lowest BCUT2D eigenvalue weighted by Crippen LogP contribution is -2.10. The summed E-state index contributed by atoms with van der Waals surface area (Å²) in [7, 11) is 0. The maximum atomic E-state index is 6.65. The van der Waals surface area contributed by atoms with Gasteiger partial charge in [0, 0.05) is 27.2 Å². The highest BCUT2D eigenvalue weighted by Gasteiger charge is 2.23. The Hall–Kier alpha value is -7.10. The molecule has 0 amide bonds. The van der Waals surface area contributed by atoms with E-state index in [-0.39, 0.29) is 0 Å². The van der Waals surface area contributed by atoms with Gasteiger partial charge in [-0.3, -0.25) is 0 Å². The fourth-order valence-corrected chi connectivity index (χ4v) is 8.06. The van der Waals surface area contributed by atoms with E-state index < -0.39 is 0 Å². The van der Waals surface area contributed by atoms with Crippen LogP contribution in [0.1, 0.15) is 0 Å². The highest BCUT2D eigenvalue weighted by molar-refractivity contribution is 6.20. The molecular formula is C50H31NO2. The topological polar surface area (TPSA) is 29.5 Å². The van der Waals surface area contributed by atoms with Gasteiger partial charge in [0.2, 0.25) is 0 Å². The Labute approximate surface area is 305 Å². The zero-order valence-corrected chi connectivity index (χ0v) is 28.7. The summed E-state index contributed by atoms with van der Waals surface area (Å²) < 4.78 is 13.3. The van der Waals surface area contributed by atoms with Gasteiger partial charge in [-0.25, -0.2) is 0 Å². The molecule has 0 saturated carbocycles. The summed E-state index contributed by atoms with van der Waals surface area (Å²) >= 11 is 0. The summed E-state index contributed by atoms with van der Waals surface area (Å²) in [5.41, 5.74) is 11.2. The second-order valence-corrected chi connectivity index (χ2v) is 13.7. The average Bonchev–Trinajstić information content (AvgIpc) is 3.81. The Balaban J connectivity index is 1.06. The van der Waals surface area contributed by atoms with Gasteiger partial charge < -0.3 is 13.7 Å². The number of rotatable bonds is 5. The molecule has 248 valence electrons. The van der Waals surface area contributed by atoms with Crippen LogP contribution in [0.2, 0.25) is 0 Å². The van der Waals surface area contributed by atoms with E-state index in [0.29, 0.717) is 0 Å². The first-order valence-corrected chi connectivity index (χ1v) is 18.0. The predicted octanol–water partition coefficient (Wildman–Crippen LogP) is 14.6. The Morgan fingerprint density at radius 3 is 1.72 bits per heavy atom. The lowest BCUT2D eigenvalue weighted by Gasteiger charge is -2.26. The van der Waals surface area contributed by atoms with E-state index in [2.05, 4.69) is 181 Å². The third-order valence-electron chi connectivity index (χ3n) is 10.7. The van der Waals surface area contributed by atoms with Crippen LogP contribution in [0.3, 0.4) is 0 Å². The van der Waals surface area contributed by atoms with Crippen LogP contribution in [-0.2, 0) is 0 Å². The Morgan fingerprint density at radius 2 is 0.887 bits per heavy atom. The van der Waals surface area contributed by atoms with Crippen LogP contribution in [0.4, 0.5) is 17.1 Å². The molecule has 11 aromatic rings. The minimum Gasteiger partial charge on any atom is -0.455 e. The Kier molecular flexibility index (Phi) is 6.55. The monoisotopic (exact) mass is 677 g/mol. The van der Waals surface area contributed by atoms with Crippen molar-refractivity contribution in [1.82, 2.24) is 0 Å². The summed E-state index contributed by atoms with van der Waals surface area (Å²) in [6.07, 6.45) is 0. The molecule has 0 N–H and O–H groups in total. The van der Waals surface area contributed by atoms with Crippen LogP contribution in [0.15, 0.2) is 197 Å². The number of benzene rings is 9. The molecule has 9 aromatic carbocycles. The molecule has 0 aliphatic heterocycles.